The Labute approximate surface area is 57.5 Å². The van der Waals surface area contributed by atoms with Gasteiger partial charge in [-0.25, -0.2) is 0 Å². The SMILES string of the molecule is CCC(C=C(C)C)=NC. The molecular weight excluding hydrogens is 110 g/mol. The first-order valence-corrected chi connectivity index (χ1v) is 3.31. The highest BCUT2D eigenvalue weighted by molar-refractivity contribution is 5.95. The van der Waals surface area contributed by atoms with E-state index in [9.17, 15) is 0 Å². The molecule has 0 aromatic heterocycles. The van der Waals surface area contributed by atoms with Crippen LogP contribution in [0.25, 0.3) is 0 Å². The fourth-order valence-electron chi connectivity index (χ4n) is 0.658. The zero-order valence-electron chi connectivity index (χ0n) is 6.73. The number of hydrogen-bond acceptors (Lipinski definition) is 1. The van der Waals surface area contributed by atoms with Crippen molar-refractivity contribution in [2.24, 2.45) is 4.99 Å². The van der Waals surface area contributed by atoms with Gasteiger partial charge in [0.05, 0.1) is 0 Å². The summed E-state index contributed by atoms with van der Waals surface area (Å²) in [6.07, 6.45) is 3.14. The average molecular weight is 125 g/mol. The van der Waals surface area contributed by atoms with Gasteiger partial charge in [-0.3, -0.25) is 4.99 Å². The van der Waals surface area contributed by atoms with E-state index >= 15 is 0 Å². The maximum Gasteiger partial charge on any atom is 0.0341 e. The molecule has 9 heavy (non-hydrogen) atoms. The standard InChI is InChI=1S/C8H15N/c1-5-8(9-4)6-7(2)3/h6H,5H2,1-4H3. The Bertz CT molecular complexity index is 128. The van der Waals surface area contributed by atoms with Gasteiger partial charge >= 0.3 is 0 Å². The summed E-state index contributed by atoms with van der Waals surface area (Å²) >= 11 is 0. The predicted molar refractivity (Wildman–Crippen MR) is 43.1 cm³/mol. The third-order valence-electron chi connectivity index (χ3n) is 1.10. The minimum absolute atomic E-state index is 1.03. The predicted octanol–water partition coefficient (Wildman–Crippen LogP) is 2.43. The third kappa shape index (κ3) is 3.95. The van der Waals surface area contributed by atoms with Crippen LogP contribution in [0.1, 0.15) is 27.2 Å². The Hall–Kier alpha value is -0.590. The van der Waals surface area contributed by atoms with Crippen LogP contribution in [0.4, 0.5) is 0 Å². The highest BCUT2D eigenvalue weighted by atomic mass is 14.7. The van der Waals surface area contributed by atoms with Crippen molar-refractivity contribution >= 4 is 5.71 Å². The minimum Gasteiger partial charge on any atom is -0.293 e. The molecule has 0 aromatic carbocycles. The zero-order valence-corrected chi connectivity index (χ0v) is 6.73. The second-order valence-corrected chi connectivity index (χ2v) is 2.29. The van der Waals surface area contributed by atoms with E-state index in [0.717, 1.165) is 6.42 Å². The van der Waals surface area contributed by atoms with Gasteiger partial charge in [0.2, 0.25) is 0 Å². The molecule has 0 N–H and O–H groups in total. The van der Waals surface area contributed by atoms with Crippen LogP contribution in [0, 0.1) is 0 Å². The lowest BCUT2D eigenvalue weighted by molar-refractivity contribution is 1.24. The van der Waals surface area contributed by atoms with Crippen molar-refractivity contribution in [3.8, 4) is 0 Å². The molecule has 1 heteroatoms. The lowest BCUT2D eigenvalue weighted by Crippen LogP contribution is -1.89. The average Bonchev–Trinajstić information content (AvgIpc) is 1.82. The lowest BCUT2D eigenvalue weighted by Gasteiger charge is -1.93. The summed E-state index contributed by atoms with van der Waals surface area (Å²) in [6, 6.07) is 0. The van der Waals surface area contributed by atoms with Crippen LogP contribution in [-0.2, 0) is 0 Å². The Kier molecular flexibility index (Phi) is 4.02. The van der Waals surface area contributed by atoms with Crippen LogP contribution in [0.2, 0.25) is 0 Å². The highest BCUT2D eigenvalue weighted by Crippen LogP contribution is 1.93. The molecule has 0 aliphatic carbocycles. The molecule has 0 unspecified atom stereocenters. The van der Waals surface area contributed by atoms with E-state index in [2.05, 4.69) is 31.8 Å². The number of aliphatic imine (C=N–C) groups is 1. The monoisotopic (exact) mass is 125 g/mol. The molecule has 0 aliphatic rings. The van der Waals surface area contributed by atoms with Crippen molar-refractivity contribution < 1.29 is 0 Å². The van der Waals surface area contributed by atoms with E-state index in [1.165, 1.54) is 11.3 Å². The van der Waals surface area contributed by atoms with E-state index in [-0.39, 0.29) is 0 Å². The summed E-state index contributed by atoms with van der Waals surface area (Å²) in [4.78, 5) is 4.09. The van der Waals surface area contributed by atoms with Crippen molar-refractivity contribution in [2.75, 3.05) is 7.05 Å². The Morgan fingerprint density at radius 3 is 2.11 bits per heavy atom. The summed E-state index contributed by atoms with van der Waals surface area (Å²) in [7, 11) is 1.83. The van der Waals surface area contributed by atoms with Gasteiger partial charge in [0, 0.05) is 12.8 Å². The van der Waals surface area contributed by atoms with Crippen molar-refractivity contribution in [3.05, 3.63) is 11.6 Å². The summed E-state index contributed by atoms with van der Waals surface area (Å²) in [5, 5.41) is 0. The molecular formula is C8H15N. The topological polar surface area (TPSA) is 12.4 Å². The first-order chi connectivity index (χ1) is 4.20. The molecule has 0 saturated heterocycles. The largest absolute Gasteiger partial charge is 0.293 e. The molecule has 1 nitrogen and oxygen atoms in total. The second kappa shape index (κ2) is 4.30. The molecule has 0 rings (SSSR count). The van der Waals surface area contributed by atoms with Crippen LogP contribution >= 0.6 is 0 Å². The fourth-order valence-corrected chi connectivity index (χ4v) is 0.658. The van der Waals surface area contributed by atoms with Crippen LogP contribution in [-0.4, -0.2) is 12.8 Å². The highest BCUT2D eigenvalue weighted by Gasteiger charge is 1.86. The minimum atomic E-state index is 1.03. The quantitative estimate of drug-likeness (QED) is 0.503. The molecule has 0 bridgehead atoms. The fraction of sp³-hybridized carbons (Fsp3) is 0.625. The molecule has 0 aromatic rings. The Morgan fingerprint density at radius 1 is 1.44 bits per heavy atom. The molecule has 52 valence electrons. The molecule has 0 aliphatic heterocycles. The van der Waals surface area contributed by atoms with Gasteiger partial charge in [0.1, 0.15) is 0 Å². The Balaban J connectivity index is 4.01. The van der Waals surface area contributed by atoms with Gasteiger partial charge < -0.3 is 0 Å². The molecule has 0 radical (unpaired) electrons. The lowest BCUT2D eigenvalue weighted by atomic mass is 10.2. The van der Waals surface area contributed by atoms with Crippen molar-refractivity contribution in [2.45, 2.75) is 27.2 Å². The van der Waals surface area contributed by atoms with Gasteiger partial charge in [0.25, 0.3) is 0 Å². The summed E-state index contributed by atoms with van der Waals surface area (Å²) in [5.74, 6) is 0. The maximum absolute atomic E-state index is 4.09. The van der Waals surface area contributed by atoms with Gasteiger partial charge in [-0.15, -0.1) is 0 Å². The first-order valence-electron chi connectivity index (χ1n) is 3.31. The molecule has 0 spiro atoms. The van der Waals surface area contributed by atoms with Gasteiger partial charge in [0.15, 0.2) is 0 Å². The number of allylic oxidation sites excluding steroid dienone is 2. The van der Waals surface area contributed by atoms with Crippen LogP contribution in [0.5, 0.6) is 0 Å². The normalized spacial score (nSPS) is 11.3. The smallest absolute Gasteiger partial charge is 0.0341 e. The van der Waals surface area contributed by atoms with Crippen LogP contribution < -0.4 is 0 Å². The van der Waals surface area contributed by atoms with Gasteiger partial charge in [-0.1, -0.05) is 12.5 Å². The van der Waals surface area contributed by atoms with E-state index in [1.807, 2.05) is 7.05 Å². The van der Waals surface area contributed by atoms with Crippen molar-refractivity contribution in [1.29, 1.82) is 0 Å². The molecule has 0 saturated carbocycles. The Morgan fingerprint density at radius 2 is 2.00 bits per heavy atom. The first kappa shape index (κ1) is 8.41. The van der Waals surface area contributed by atoms with E-state index in [0.29, 0.717) is 0 Å². The van der Waals surface area contributed by atoms with Gasteiger partial charge in [-0.05, 0) is 26.3 Å². The summed E-state index contributed by atoms with van der Waals surface area (Å²) in [5.41, 5.74) is 2.49. The van der Waals surface area contributed by atoms with E-state index < -0.39 is 0 Å². The summed E-state index contributed by atoms with van der Waals surface area (Å²) in [6.45, 7) is 6.28. The maximum atomic E-state index is 4.09. The number of hydrogen-bond donors (Lipinski definition) is 0. The van der Waals surface area contributed by atoms with E-state index in [4.69, 9.17) is 0 Å². The van der Waals surface area contributed by atoms with Gasteiger partial charge in [-0.2, -0.15) is 0 Å². The molecule has 0 atom stereocenters. The number of rotatable bonds is 2. The molecule has 0 heterocycles. The zero-order chi connectivity index (χ0) is 7.28. The van der Waals surface area contributed by atoms with E-state index in [1.54, 1.807) is 0 Å². The molecule has 0 fully saturated rings. The summed E-state index contributed by atoms with van der Waals surface area (Å²) < 4.78 is 0. The molecule has 0 amide bonds. The van der Waals surface area contributed by atoms with Crippen molar-refractivity contribution in [3.63, 3.8) is 0 Å². The van der Waals surface area contributed by atoms with Crippen molar-refractivity contribution in [1.82, 2.24) is 0 Å². The third-order valence-corrected chi connectivity index (χ3v) is 1.10. The second-order valence-electron chi connectivity index (χ2n) is 2.29. The van der Waals surface area contributed by atoms with Crippen LogP contribution in [0.15, 0.2) is 16.6 Å². The number of nitrogens with zero attached hydrogens (tertiary/aromatic N) is 1. The van der Waals surface area contributed by atoms with Crippen LogP contribution in [0.3, 0.4) is 0 Å².